The average Bonchev–Trinajstić information content (AvgIpc) is 2.44. The maximum Gasteiger partial charge on any atom is 0.340 e. The van der Waals surface area contributed by atoms with Crippen LogP contribution in [0.25, 0.3) is 0 Å². The van der Waals surface area contributed by atoms with Gasteiger partial charge in [0.2, 0.25) is 5.88 Å². The molecule has 0 aliphatic rings. The fourth-order valence-corrected chi connectivity index (χ4v) is 1.19. The second kappa shape index (κ2) is 6.66. The van der Waals surface area contributed by atoms with Gasteiger partial charge in [-0.3, -0.25) is 9.63 Å². The molecule has 21 heavy (non-hydrogen) atoms. The molecule has 118 valence electrons. The first kappa shape index (κ1) is 17.1. The van der Waals surface area contributed by atoms with E-state index in [0.717, 1.165) is 5.06 Å². The SMILES string of the molecule is CON(C)C(=O)c1cc(C)c(OCC(F)(F)C(F)F)nn1. The lowest BCUT2D eigenvalue weighted by atomic mass is 10.2. The molecule has 0 aliphatic heterocycles. The number of carbonyl (C=O) groups is 1. The van der Waals surface area contributed by atoms with Crippen molar-refractivity contribution in [3.63, 3.8) is 0 Å². The van der Waals surface area contributed by atoms with Gasteiger partial charge in [-0.1, -0.05) is 0 Å². The molecule has 0 atom stereocenters. The number of aromatic nitrogens is 2. The van der Waals surface area contributed by atoms with Gasteiger partial charge in [-0.15, -0.1) is 10.2 Å². The van der Waals surface area contributed by atoms with Crippen LogP contribution >= 0.6 is 0 Å². The standard InChI is InChI=1S/C11H13F4N3O3/c1-6-4-7(9(19)18(2)20-3)16-17-8(6)21-5-11(14,15)10(12)13/h4,10H,5H2,1-3H3. The fraction of sp³-hybridized carbons (Fsp3) is 0.545. The number of carbonyl (C=O) groups excluding carboxylic acids is 1. The summed E-state index contributed by atoms with van der Waals surface area (Å²) in [5, 5.41) is 7.78. The zero-order valence-corrected chi connectivity index (χ0v) is 11.4. The maximum atomic E-state index is 12.7. The Morgan fingerprint density at radius 1 is 1.43 bits per heavy atom. The molecule has 0 aromatic carbocycles. The summed E-state index contributed by atoms with van der Waals surface area (Å²) in [6.45, 7) is -0.125. The van der Waals surface area contributed by atoms with Gasteiger partial charge in [0.05, 0.1) is 7.11 Å². The lowest BCUT2D eigenvalue weighted by Crippen LogP contribution is -2.34. The van der Waals surface area contributed by atoms with Gasteiger partial charge in [-0.25, -0.2) is 13.8 Å². The zero-order chi connectivity index (χ0) is 16.2. The smallest absolute Gasteiger partial charge is 0.340 e. The Balaban J connectivity index is 2.82. The number of alkyl halides is 4. The van der Waals surface area contributed by atoms with E-state index in [1.165, 1.54) is 27.1 Å². The minimum absolute atomic E-state index is 0.107. The van der Waals surface area contributed by atoms with Crippen LogP contribution in [-0.4, -0.2) is 54.3 Å². The van der Waals surface area contributed by atoms with Gasteiger partial charge in [0.1, 0.15) is 0 Å². The zero-order valence-electron chi connectivity index (χ0n) is 11.4. The van der Waals surface area contributed by atoms with Crippen LogP contribution in [0.4, 0.5) is 17.6 Å². The van der Waals surface area contributed by atoms with E-state index in [4.69, 9.17) is 0 Å². The van der Waals surface area contributed by atoms with E-state index in [-0.39, 0.29) is 17.1 Å². The molecule has 0 aliphatic carbocycles. The Morgan fingerprint density at radius 2 is 2.05 bits per heavy atom. The second-order valence-corrected chi connectivity index (χ2v) is 4.05. The summed E-state index contributed by atoms with van der Waals surface area (Å²) in [4.78, 5) is 16.3. The number of nitrogens with zero attached hydrogens (tertiary/aromatic N) is 3. The average molecular weight is 311 g/mol. The molecular weight excluding hydrogens is 298 g/mol. The third-order valence-electron chi connectivity index (χ3n) is 2.44. The van der Waals surface area contributed by atoms with Crippen molar-refractivity contribution < 1.29 is 31.9 Å². The van der Waals surface area contributed by atoms with Crippen molar-refractivity contribution in [1.82, 2.24) is 15.3 Å². The van der Waals surface area contributed by atoms with Crippen molar-refractivity contribution in [3.8, 4) is 5.88 Å². The van der Waals surface area contributed by atoms with E-state index in [1.54, 1.807) is 0 Å². The second-order valence-electron chi connectivity index (χ2n) is 4.05. The van der Waals surface area contributed by atoms with E-state index >= 15 is 0 Å². The molecule has 0 unspecified atom stereocenters. The molecule has 0 radical (unpaired) electrons. The van der Waals surface area contributed by atoms with Crippen molar-refractivity contribution in [2.24, 2.45) is 0 Å². The van der Waals surface area contributed by atoms with Gasteiger partial charge in [0.25, 0.3) is 5.91 Å². The molecular formula is C11H13F4N3O3. The molecule has 1 rings (SSSR count). The van der Waals surface area contributed by atoms with Crippen LogP contribution in [0.15, 0.2) is 6.07 Å². The van der Waals surface area contributed by atoms with Crippen LogP contribution < -0.4 is 4.74 Å². The Labute approximate surface area is 117 Å². The number of halogens is 4. The predicted molar refractivity (Wildman–Crippen MR) is 62.3 cm³/mol. The maximum absolute atomic E-state index is 12.7. The summed E-state index contributed by atoms with van der Waals surface area (Å²) in [5.41, 5.74) is 0.0905. The number of amides is 1. The molecule has 0 N–H and O–H groups in total. The highest BCUT2D eigenvalue weighted by molar-refractivity contribution is 5.91. The predicted octanol–water partition coefficient (Wildman–Crippen LogP) is 1.70. The number of hydrogen-bond donors (Lipinski definition) is 0. The van der Waals surface area contributed by atoms with Crippen LogP contribution in [0, 0.1) is 6.92 Å². The van der Waals surface area contributed by atoms with Crippen LogP contribution in [0.3, 0.4) is 0 Å². The number of ether oxygens (including phenoxy) is 1. The molecule has 1 heterocycles. The Bertz CT molecular complexity index is 513. The largest absolute Gasteiger partial charge is 0.470 e. The van der Waals surface area contributed by atoms with Crippen LogP contribution in [0.5, 0.6) is 5.88 Å². The minimum Gasteiger partial charge on any atom is -0.470 e. The molecule has 6 nitrogen and oxygen atoms in total. The van der Waals surface area contributed by atoms with Crippen LogP contribution in [0.1, 0.15) is 16.1 Å². The van der Waals surface area contributed by atoms with E-state index in [1.807, 2.05) is 0 Å². The third-order valence-corrected chi connectivity index (χ3v) is 2.44. The summed E-state index contributed by atoms with van der Waals surface area (Å²) in [6.07, 6.45) is -3.85. The van der Waals surface area contributed by atoms with E-state index < -0.39 is 24.9 Å². The van der Waals surface area contributed by atoms with E-state index in [9.17, 15) is 22.4 Å². The van der Waals surface area contributed by atoms with Gasteiger partial charge in [0.15, 0.2) is 12.3 Å². The number of rotatable bonds is 6. The van der Waals surface area contributed by atoms with Crippen molar-refractivity contribution in [3.05, 3.63) is 17.3 Å². The monoisotopic (exact) mass is 311 g/mol. The van der Waals surface area contributed by atoms with Crippen molar-refractivity contribution >= 4 is 5.91 Å². The molecule has 0 saturated carbocycles. The van der Waals surface area contributed by atoms with Crippen LogP contribution in [-0.2, 0) is 4.84 Å². The normalized spacial score (nSPS) is 11.6. The van der Waals surface area contributed by atoms with Gasteiger partial charge in [-0.05, 0) is 13.0 Å². The van der Waals surface area contributed by atoms with Crippen molar-refractivity contribution in [1.29, 1.82) is 0 Å². The van der Waals surface area contributed by atoms with E-state index in [2.05, 4.69) is 19.8 Å². The molecule has 1 aromatic heterocycles. The third kappa shape index (κ3) is 4.25. The molecule has 0 spiro atoms. The Hall–Kier alpha value is -1.97. The number of hydroxylamine groups is 2. The van der Waals surface area contributed by atoms with Crippen LogP contribution in [0.2, 0.25) is 0 Å². The Morgan fingerprint density at radius 3 is 2.52 bits per heavy atom. The quantitative estimate of drug-likeness (QED) is 0.591. The lowest BCUT2D eigenvalue weighted by Gasteiger charge is -2.16. The summed E-state index contributed by atoms with van der Waals surface area (Å²) in [5.74, 6) is -5.26. The molecule has 0 bridgehead atoms. The minimum atomic E-state index is -4.29. The van der Waals surface area contributed by atoms with Crippen molar-refractivity contribution in [2.75, 3.05) is 20.8 Å². The summed E-state index contributed by atoms with van der Waals surface area (Å²) in [7, 11) is 2.61. The first-order chi connectivity index (χ1) is 9.69. The van der Waals surface area contributed by atoms with Gasteiger partial charge < -0.3 is 4.74 Å². The topological polar surface area (TPSA) is 64.5 Å². The number of aryl methyl sites for hydroxylation is 1. The summed E-state index contributed by atoms with van der Waals surface area (Å²) in [6, 6.07) is 1.22. The van der Waals surface area contributed by atoms with Gasteiger partial charge in [0, 0.05) is 12.6 Å². The molecule has 0 saturated heterocycles. The highest BCUT2D eigenvalue weighted by Gasteiger charge is 2.42. The first-order valence-electron chi connectivity index (χ1n) is 5.64. The summed E-state index contributed by atoms with van der Waals surface area (Å²) < 4.78 is 53.9. The molecule has 1 amide bonds. The Kier molecular flexibility index (Phi) is 5.41. The summed E-state index contributed by atoms with van der Waals surface area (Å²) >= 11 is 0. The molecule has 10 heteroatoms. The van der Waals surface area contributed by atoms with Crippen molar-refractivity contribution in [2.45, 2.75) is 19.3 Å². The number of hydrogen-bond acceptors (Lipinski definition) is 5. The highest BCUT2D eigenvalue weighted by atomic mass is 19.3. The lowest BCUT2D eigenvalue weighted by molar-refractivity contribution is -0.148. The molecule has 1 aromatic rings. The first-order valence-corrected chi connectivity index (χ1v) is 5.64. The fourth-order valence-electron chi connectivity index (χ4n) is 1.19. The van der Waals surface area contributed by atoms with Gasteiger partial charge in [-0.2, -0.15) is 8.78 Å². The van der Waals surface area contributed by atoms with Gasteiger partial charge >= 0.3 is 12.3 Å². The van der Waals surface area contributed by atoms with E-state index in [0.29, 0.717) is 0 Å². The highest BCUT2D eigenvalue weighted by Crippen LogP contribution is 2.24. The molecule has 0 fully saturated rings.